The molecule has 4 heteroatoms. The zero-order valence-electron chi connectivity index (χ0n) is 11.2. The molecule has 2 aromatic rings. The van der Waals surface area contributed by atoms with E-state index in [1.807, 2.05) is 30.3 Å². The largest absolute Gasteiger partial charge is 0.506 e. The molecule has 2 nitrogen and oxygen atoms in total. The quantitative estimate of drug-likeness (QED) is 0.857. The molecule has 20 heavy (non-hydrogen) atoms. The highest BCUT2D eigenvalue weighted by Gasteiger charge is 2.08. The van der Waals surface area contributed by atoms with Crippen LogP contribution in [0.25, 0.3) is 0 Å². The van der Waals surface area contributed by atoms with Crippen LogP contribution in [-0.2, 0) is 13.0 Å². The number of benzene rings is 2. The molecule has 2 N–H and O–H groups in total. The van der Waals surface area contributed by atoms with Crippen molar-refractivity contribution in [3.05, 3.63) is 63.6 Å². The summed E-state index contributed by atoms with van der Waals surface area (Å²) < 4.78 is 0. The number of para-hydroxylation sites is 1. The van der Waals surface area contributed by atoms with E-state index in [-0.39, 0.29) is 11.8 Å². The number of hydrogen-bond donors (Lipinski definition) is 2. The molecule has 0 saturated heterocycles. The molecular weight excluding hydrogens is 293 g/mol. The van der Waals surface area contributed by atoms with Crippen LogP contribution in [0.2, 0.25) is 10.0 Å². The molecule has 0 bridgehead atoms. The molecule has 1 unspecified atom stereocenters. The number of hydrogen-bond acceptors (Lipinski definition) is 2. The molecule has 0 heterocycles. The molecule has 106 valence electrons. The van der Waals surface area contributed by atoms with E-state index in [1.165, 1.54) is 5.56 Å². The highest BCUT2D eigenvalue weighted by Crippen LogP contribution is 2.26. The number of phenols is 1. The molecule has 0 fully saturated rings. The van der Waals surface area contributed by atoms with Gasteiger partial charge in [0, 0.05) is 23.2 Å². The summed E-state index contributed by atoms with van der Waals surface area (Å²) in [4.78, 5) is 0. The van der Waals surface area contributed by atoms with Crippen LogP contribution < -0.4 is 5.32 Å². The van der Waals surface area contributed by atoms with Gasteiger partial charge in [0.25, 0.3) is 0 Å². The van der Waals surface area contributed by atoms with Gasteiger partial charge in [-0.25, -0.2) is 0 Å². The first-order valence-corrected chi connectivity index (χ1v) is 7.26. The van der Waals surface area contributed by atoms with Crippen molar-refractivity contribution in [2.75, 3.05) is 0 Å². The van der Waals surface area contributed by atoms with Gasteiger partial charge in [-0.2, -0.15) is 0 Å². The average molecular weight is 310 g/mol. The first kappa shape index (κ1) is 15.2. The third-order valence-electron chi connectivity index (χ3n) is 3.14. The number of aromatic hydroxyl groups is 1. The van der Waals surface area contributed by atoms with Crippen LogP contribution >= 0.6 is 23.2 Å². The fraction of sp³-hybridized carbons (Fsp3) is 0.250. The first-order chi connectivity index (χ1) is 9.56. The second kappa shape index (κ2) is 6.98. The van der Waals surface area contributed by atoms with Gasteiger partial charge in [0.1, 0.15) is 5.75 Å². The maximum Gasteiger partial charge on any atom is 0.138 e. The molecule has 0 aromatic heterocycles. The van der Waals surface area contributed by atoms with Crippen molar-refractivity contribution in [1.82, 2.24) is 5.32 Å². The summed E-state index contributed by atoms with van der Waals surface area (Å²) in [7, 11) is 0. The number of rotatable bonds is 5. The van der Waals surface area contributed by atoms with Crippen LogP contribution in [0.1, 0.15) is 18.1 Å². The van der Waals surface area contributed by atoms with Crippen molar-refractivity contribution in [2.45, 2.75) is 25.9 Å². The van der Waals surface area contributed by atoms with Crippen LogP contribution in [0.3, 0.4) is 0 Å². The second-order valence-corrected chi connectivity index (χ2v) is 5.71. The second-order valence-electron chi connectivity index (χ2n) is 4.86. The van der Waals surface area contributed by atoms with E-state index in [9.17, 15) is 5.11 Å². The van der Waals surface area contributed by atoms with Gasteiger partial charge in [0.05, 0.1) is 5.02 Å². The molecule has 0 radical (unpaired) electrons. The predicted octanol–water partition coefficient (Wildman–Crippen LogP) is 4.42. The third kappa shape index (κ3) is 4.14. The van der Waals surface area contributed by atoms with Crippen molar-refractivity contribution in [1.29, 1.82) is 0 Å². The summed E-state index contributed by atoms with van der Waals surface area (Å²) in [6.45, 7) is 2.68. The Bertz CT molecular complexity index is 586. The molecule has 0 aliphatic carbocycles. The van der Waals surface area contributed by atoms with Crippen molar-refractivity contribution >= 4 is 23.2 Å². The van der Waals surface area contributed by atoms with E-state index < -0.39 is 0 Å². The Morgan fingerprint density at radius 1 is 1.15 bits per heavy atom. The summed E-state index contributed by atoms with van der Waals surface area (Å²) in [5, 5.41) is 14.4. The van der Waals surface area contributed by atoms with Crippen molar-refractivity contribution in [2.24, 2.45) is 0 Å². The van der Waals surface area contributed by atoms with Crippen molar-refractivity contribution in [3.8, 4) is 5.75 Å². The standard InChI is InChI=1S/C16H17Cl2NO/c1-11(8-12-4-2-6-14(17)9-12)19-10-13-5-3-7-15(18)16(13)20/h2-7,9,11,19-20H,8,10H2,1H3. The van der Waals surface area contributed by atoms with Gasteiger partial charge in [-0.1, -0.05) is 47.5 Å². The monoisotopic (exact) mass is 309 g/mol. The van der Waals surface area contributed by atoms with Gasteiger partial charge in [-0.3, -0.25) is 0 Å². The Balaban J connectivity index is 1.92. The van der Waals surface area contributed by atoms with E-state index in [0.29, 0.717) is 11.6 Å². The van der Waals surface area contributed by atoms with E-state index in [1.54, 1.807) is 6.07 Å². The SMILES string of the molecule is CC(Cc1cccc(Cl)c1)NCc1cccc(Cl)c1O. The Morgan fingerprint density at radius 2 is 1.90 bits per heavy atom. The Kier molecular flexibility index (Phi) is 5.30. The van der Waals surface area contributed by atoms with Crippen LogP contribution in [0.4, 0.5) is 0 Å². The molecule has 0 amide bonds. The molecule has 2 rings (SSSR count). The smallest absolute Gasteiger partial charge is 0.138 e. The van der Waals surface area contributed by atoms with Crippen molar-refractivity contribution < 1.29 is 5.11 Å². The lowest BCUT2D eigenvalue weighted by Gasteiger charge is -2.15. The number of halogens is 2. The summed E-state index contributed by atoms with van der Waals surface area (Å²) in [5.74, 6) is 0.150. The van der Waals surface area contributed by atoms with E-state index in [4.69, 9.17) is 23.2 Å². The maximum atomic E-state index is 9.85. The summed E-state index contributed by atoms with van der Waals surface area (Å²) in [6, 6.07) is 13.5. The zero-order chi connectivity index (χ0) is 14.5. The molecule has 2 aromatic carbocycles. The van der Waals surface area contributed by atoms with Gasteiger partial charge in [-0.05, 0) is 37.1 Å². The lowest BCUT2D eigenvalue weighted by molar-refractivity contribution is 0.459. The zero-order valence-corrected chi connectivity index (χ0v) is 12.7. The van der Waals surface area contributed by atoms with Gasteiger partial charge in [0.15, 0.2) is 0 Å². The first-order valence-electron chi connectivity index (χ1n) is 6.50. The Morgan fingerprint density at radius 3 is 2.65 bits per heavy atom. The number of nitrogens with one attached hydrogen (secondary N) is 1. The van der Waals surface area contributed by atoms with Crippen LogP contribution in [-0.4, -0.2) is 11.1 Å². The van der Waals surface area contributed by atoms with Gasteiger partial charge < -0.3 is 10.4 Å². The summed E-state index contributed by atoms with van der Waals surface area (Å²) >= 11 is 11.9. The maximum absolute atomic E-state index is 9.85. The fourth-order valence-corrected chi connectivity index (χ4v) is 2.48. The topological polar surface area (TPSA) is 32.3 Å². The minimum Gasteiger partial charge on any atom is -0.506 e. The van der Waals surface area contributed by atoms with Gasteiger partial charge in [-0.15, -0.1) is 0 Å². The van der Waals surface area contributed by atoms with Crippen LogP contribution in [0.5, 0.6) is 5.75 Å². The minimum atomic E-state index is 0.150. The van der Waals surface area contributed by atoms with E-state index in [0.717, 1.165) is 17.0 Å². The lowest BCUT2D eigenvalue weighted by Crippen LogP contribution is -2.27. The third-order valence-corrected chi connectivity index (χ3v) is 3.68. The lowest BCUT2D eigenvalue weighted by atomic mass is 10.1. The fourth-order valence-electron chi connectivity index (χ4n) is 2.08. The van der Waals surface area contributed by atoms with Crippen LogP contribution in [0, 0.1) is 0 Å². The van der Waals surface area contributed by atoms with Gasteiger partial charge >= 0.3 is 0 Å². The van der Waals surface area contributed by atoms with Crippen LogP contribution in [0.15, 0.2) is 42.5 Å². The molecule has 0 spiro atoms. The number of phenolic OH excluding ortho intramolecular Hbond substituents is 1. The van der Waals surface area contributed by atoms with E-state index in [2.05, 4.69) is 18.3 Å². The van der Waals surface area contributed by atoms with Gasteiger partial charge in [0.2, 0.25) is 0 Å². The molecule has 0 aliphatic heterocycles. The molecular formula is C16H17Cl2NO. The predicted molar refractivity (Wildman–Crippen MR) is 84.6 cm³/mol. The van der Waals surface area contributed by atoms with E-state index >= 15 is 0 Å². The summed E-state index contributed by atoms with van der Waals surface area (Å²) in [5.41, 5.74) is 1.99. The molecule has 0 aliphatic rings. The Hall–Kier alpha value is -1.22. The summed E-state index contributed by atoms with van der Waals surface area (Å²) in [6.07, 6.45) is 0.877. The molecule has 1 atom stereocenters. The van der Waals surface area contributed by atoms with Crippen molar-refractivity contribution in [3.63, 3.8) is 0 Å². The minimum absolute atomic E-state index is 0.150. The highest BCUT2D eigenvalue weighted by molar-refractivity contribution is 6.32. The molecule has 0 saturated carbocycles. The normalized spacial score (nSPS) is 12.3. The average Bonchev–Trinajstić information content (AvgIpc) is 2.40. The Labute approximate surface area is 129 Å². The highest BCUT2D eigenvalue weighted by atomic mass is 35.5.